The molecule has 2 fully saturated rings. The third kappa shape index (κ3) is 4.15. The SMILES string of the molecule is CC1CCCC(NC(=O)Cn2c(=O)c(N3CCOCC3)nc3ccccc32)C1C. The van der Waals surface area contributed by atoms with Gasteiger partial charge in [0.05, 0.1) is 24.2 Å². The summed E-state index contributed by atoms with van der Waals surface area (Å²) in [5.41, 5.74) is 1.20. The zero-order chi connectivity index (χ0) is 20.4. The molecule has 0 radical (unpaired) electrons. The second-order valence-electron chi connectivity index (χ2n) is 8.36. The molecule has 1 aromatic heterocycles. The molecule has 0 bridgehead atoms. The van der Waals surface area contributed by atoms with E-state index in [2.05, 4.69) is 24.1 Å². The number of rotatable bonds is 4. The molecule has 156 valence electrons. The first kappa shape index (κ1) is 19.9. The third-order valence-corrected chi connectivity index (χ3v) is 6.50. The van der Waals surface area contributed by atoms with Crippen molar-refractivity contribution < 1.29 is 9.53 Å². The number of aromatic nitrogens is 2. The van der Waals surface area contributed by atoms with Gasteiger partial charge in [-0.2, -0.15) is 0 Å². The van der Waals surface area contributed by atoms with Crippen LogP contribution in [0.4, 0.5) is 5.82 Å². The highest BCUT2D eigenvalue weighted by Crippen LogP contribution is 2.29. The lowest BCUT2D eigenvalue weighted by Gasteiger charge is -2.34. The number of morpholine rings is 1. The molecule has 0 spiro atoms. The van der Waals surface area contributed by atoms with Gasteiger partial charge in [0.2, 0.25) is 5.91 Å². The lowest BCUT2D eigenvalue weighted by atomic mass is 9.78. The lowest BCUT2D eigenvalue weighted by Crippen LogP contribution is -2.46. The molecule has 2 heterocycles. The summed E-state index contributed by atoms with van der Waals surface area (Å²) in [6.45, 7) is 6.88. The smallest absolute Gasteiger partial charge is 0.294 e. The minimum absolute atomic E-state index is 0.0107. The molecule has 1 aromatic carbocycles. The van der Waals surface area contributed by atoms with Crippen molar-refractivity contribution in [3.05, 3.63) is 34.6 Å². The van der Waals surface area contributed by atoms with Crippen molar-refractivity contribution in [2.45, 2.75) is 45.7 Å². The van der Waals surface area contributed by atoms with Crippen LogP contribution in [0, 0.1) is 11.8 Å². The molecule has 4 rings (SSSR count). The lowest BCUT2D eigenvalue weighted by molar-refractivity contribution is -0.123. The van der Waals surface area contributed by atoms with E-state index in [1.54, 1.807) is 4.57 Å². The topological polar surface area (TPSA) is 76.5 Å². The summed E-state index contributed by atoms with van der Waals surface area (Å²) in [7, 11) is 0. The molecule has 1 N–H and O–H groups in total. The fourth-order valence-corrected chi connectivity index (χ4v) is 4.50. The van der Waals surface area contributed by atoms with Crippen LogP contribution in [0.2, 0.25) is 0 Å². The van der Waals surface area contributed by atoms with Gasteiger partial charge in [-0.05, 0) is 30.4 Å². The average molecular weight is 399 g/mol. The zero-order valence-electron chi connectivity index (χ0n) is 17.3. The van der Waals surface area contributed by atoms with Crippen LogP contribution in [-0.2, 0) is 16.1 Å². The highest BCUT2D eigenvalue weighted by molar-refractivity contribution is 5.81. The number of hydrogen-bond donors (Lipinski definition) is 1. The molecular weight excluding hydrogens is 368 g/mol. The average Bonchev–Trinajstić information content (AvgIpc) is 2.74. The van der Waals surface area contributed by atoms with Gasteiger partial charge in [-0.25, -0.2) is 4.98 Å². The number of hydrogen-bond acceptors (Lipinski definition) is 5. The van der Waals surface area contributed by atoms with Crippen molar-refractivity contribution in [2.24, 2.45) is 11.8 Å². The number of ether oxygens (including phenoxy) is 1. The largest absolute Gasteiger partial charge is 0.378 e. The minimum Gasteiger partial charge on any atom is -0.378 e. The van der Waals surface area contributed by atoms with E-state index in [1.807, 2.05) is 29.2 Å². The van der Waals surface area contributed by atoms with Gasteiger partial charge >= 0.3 is 0 Å². The Kier molecular flexibility index (Phi) is 5.85. The standard InChI is InChI=1S/C22H30N4O3/c1-15-6-5-8-17(16(15)2)23-20(27)14-26-19-9-4-3-7-18(19)24-21(22(26)28)25-10-12-29-13-11-25/h3-4,7,9,15-17H,5-6,8,10-14H2,1-2H3,(H,23,27). The fourth-order valence-electron chi connectivity index (χ4n) is 4.50. The van der Waals surface area contributed by atoms with Crippen molar-refractivity contribution >= 4 is 22.8 Å². The van der Waals surface area contributed by atoms with Crippen LogP contribution in [0.15, 0.2) is 29.1 Å². The molecule has 1 aliphatic carbocycles. The molecule has 1 saturated carbocycles. The van der Waals surface area contributed by atoms with Crippen LogP contribution in [0.3, 0.4) is 0 Å². The van der Waals surface area contributed by atoms with Crippen molar-refractivity contribution in [1.29, 1.82) is 0 Å². The molecule has 7 heteroatoms. The number of carbonyl (C=O) groups excluding carboxylic acids is 1. The van der Waals surface area contributed by atoms with Gasteiger partial charge in [0.15, 0.2) is 5.82 Å². The van der Waals surface area contributed by atoms with Gasteiger partial charge in [-0.3, -0.25) is 14.2 Å². The maximum atomic E-state index is 13.3. The second-order valence-corrected chi connectivity index (χ2v) is 8.36. The highest BCUT2D eigenvalue weighted by atomic mass is 16.5. The summed E-state index contributed by atoms with van der Waals surface area (Å²) in [5, 5.41) is 3.19. The van der Waals surface area contributed by atoms with E-state index in [-0.39, 0.29) is 24.1 Å². The Morgan fingerprint density at radius 1 is 1.21 bits per heavy atom. The quantitative estimate of drug-likeness (QED) is 0.854. The van der Waals surface area contributed by atoms with Crippen molar-refractivity contribution in [2.75, 3.05) is 31.2 Å². The van der Waals surface area contributed by atoms with Crippen LogP contribution in [0.5, 0.6) is 0 Å². The number of benzene rings is 1. The Bertz CT molecular complexity index is 935. The van der Waals surface area contributed by atoms with Crippen LogP contribution in [0.25, 0.3) is 11.0 Å². The molecule has 1 aliphatic heterocycles. The number of anilines is 1. The Morgan fingerprint density at radius 2 is 1.97 bits per heavy atom. The molecule has 3 unspecified atom stereocenters. The molecule has 7 nitrogen and oxygen atoms in total. The van der Waals surface area contributed by atoms with Gasteiger partial charge < -0.3 is 15.0 Å². The molecule has 1 amide bonds. The van der Waals surface area contributed by atoms with Crippen molar-refractivity contribution in [1.82, 2.24) is 14.9 Å². The number of carbonyl (C=O) groups is 1. The highest BCUT2D eigenvalue weighted by Gasteiger charge is 2.28. The zero-order valence-corrected chi connectivity index (χ0v) is 17.3. The van der Waals surface area contributed by atoms with E-state index in [0.29, 0.717) is 49.5 Å². The van der Waals surface area contributed by atoms with Crippen LogP contribution >= 0.6 is 0 Å². The van der Waals surface area contributed by atoms with Gasteiger partial charge in [0.25, 0.3) is 5.56 Å². The number of para-hydroxylation sites is 2. The van der Waals surface area contributed by atoms with Crippen molar-refractivity contribution in [3.8, 4) is 0 Å². The maximum absolute atomic E-state index is 13.3. The molecular formula is C22H30N4O3. The first-order valence-corrected chi connectivity index (χ1v) is 10.7. The Hall–Kier alpha value is -2.41. The maximum Gasteiger partial charge on any atom is 0.294 e. The Balaban J connectivity index is 1.62. The summed E-state index contributed by atoms with van der Waals surface area (Å²) >= 11 is 0. The monoisotopic (exact) mass is 398 g/mol. The number of nitrogens with zero attached hydrogens (tertiary/aromatic N) is 3. The number of nitrogens with one attached hydrogen (secondary N) is 1. The van der Waals surface area contributed by atoms with Gasteiger partial charge in [0.1, 0.15) is 6.54 Å². The molecule has 1 saturated heterocycles. The second kappa shape index (κ2) is 8.53. The van der Waals surface area contributed by atoms with Crippen molar-refractivity contribution in [3.63, 3.8) is 0 Å². The van der Waals surface area contributed by atoms with Gasteiger partial charge in [-0.15, -0.1) is 0 Å². The van der Waals surface area contributed by atoms with Gasteiger partial charge in [0, 0.05) is 19.1 Å². The summed E-state index contributed by atoms with van der Waals surface area (Å²) in [6, 6.07) is 7.69. The van der Waals surface area contributed by atoms with Crippen LogP contribution < -0.4 is 15.8 Å². The summed E-state index contributed by atoms with van der Waals surface area (Å²) in [5.74, 6) is 1.34. The van der Waals surface area contributed by atoms with Crippen LogP contribution in [-0.4, -0.2) is 47.8 Å². The molecule has 29 heavy (non-hydrogen) atoms. The Labute approximate surface area is 171 Å². The summed E-state index contributed by atoms with van der Waals surface area (Å²) < 4.78 is 6.97. The van der Waals surface area contributed by atoms with Crippen LogP contribution in [0.1, 0.15) is 33.1 Å². The van der Waals surface area contributed by atoms with E-state index in [0.717, 1.165) is 18.4 Å². The predicted molar refractivity (Wildman–Crippen MR) is 113 cm³/mol. The van der Waals surface area contributed by atoms with E-state index >= 15 is 0 Å². The predicted octanol–water partition coefficient (Wildman–Crippen LogP) is 2.17. The number of fused-ring (bicyclic) bond motifs is 1. The van der Waals surface area contributed by atoms with E-state index < -0.39 is 0 Å². The number of amides is 1. The van der Waals surface area contributed by atoms with E-state index in [1.165, 1.54) is 6.42 Å². The molecule has 2 aromatic rings. The molecule has 2 aliphatic rings. The normalized spacial score (nSPS) is 25.2. The van der Waals surface area contributed by atoms with E-state index in [4.69, 9.17) is 4.74 Å². The first-order valence-electron chi connectivity index (χ1n) is 10.7. The summed E-state index contributed by atoms with van der Waals surface area (Å²) in [6.07, 6.45) is 3.35. The van der Waals surface area contributed by atoms with Gasteiger partial charge in [-0.1, -0.05) is 38.8 Å². The summed E-state index contributed by atoms with van der Waals surface area (Å²) in [4.78, 5) is 32.7. The third-order valence-electron chi connectivity index (χ3n) is 6.50. The molecule has 3 atom stereocenters. The van der Waals surface area contributed by atoms with E-state index in [9.17, 15) is 9.59 Å². The Morgan fingerprint density at radius 3 is 2.76 bits per heavy atom. The first-order chi connectivity index (χ1) is 14.0. The fraction of sp³-hybridized carbons (Fsp3) is 0.591. The minimum atomic E-state index is -0.217.